The normalized spacial score (nSPS) is 18.8. The Bertz CT molecular complexity index is 958. The molecule has 8 nitrogen and oxygen atoms in total. The molecular weight excluding hydrogens is 402 g/mol. The fraction of sp³-hybridized carbons (Fsp3) is 0.429. The highest BCUT2D eigenvalue weighted by atomic mass is 32.1. The number of hydrogen-bond acceptors (Lipinski definition) is 8. The van der Waals surface area contributed by atoms with Crippen molar-refractivity contribution in [2.24, 2.45) is 0 Å². The van der Waals surface area contributed by atoms with Crippen molar-refractivity contribution in [3.05, 3.63) is 62.3 Å². The van der Waals surface area contributed by atoms with Crippen molar-refractivity contribution in [1.82, 2.24) is 9.88 Å². The molecule has 0 aromatic carbocycles. The molecule has 160 valence electrons. The Balaban J connectivity index is 1.74. The third-order valence-corrected chi connectivity index (χ3v) is 6.24. The fourth-order valence-corrected chi connectivity index (χ4v) is 4.63. The number of carbonyl (C=O) groups excluding carboxylic acids is 1. The summed E-state index contributed by atoms with van der Waals surface area (Å²) in [5.41, 5.74) is 6.87. The van der Waals surface area contributed by atoms with E-state index in [9.17, 15) is 14.9 Å². The summed E-state index contributed by atoms with van der Waals surface area (Å²) in [7, 11) is 0. The van der Waals surface area contributed by atoms with Gasteiger partial charge in [-0.1, -0.05) is 36.5 Å². The second-order valence-electron chi connectivity index (χ2n) is 7.49. The van der Waals surface area contributed by atoms with E-state index in [1.165, 1.54) is 6.08 Å². The Morgan fingerprint density at radius 2 is 2.23 bits per heavy atom. The number of carbonyl (C=O) groups is 1. The maximum absolute atomic E-state index is 12.9. The smallest absolute Gasteiger partial charge is 0.257 e. The summed E-state index contributed by atoms with van der Waals surface area (Å²) < 4.78 is 0. The van der Waals surface area contributed by atoms with Crippen molar-refractivity contribution < 1.29 is 9.72 Å². The van der Waals surface area contributed by atoms with E-state index < -0.39 is 10.7 Å². The average molecular weight is 430 g/mol. The Kier molecular flexibility index (Phi) is 6.84. The van der Waals surface area contributed by atoms with E-state index in [0.717, 1.165) is 30.0 Å². The lowest BCUT2D eigenvalue weighted by Gasteiger charge is -2.33. The van der Waals surface area contributed by atoms with Crippen LogP contribution in [-0.2, 0) is 0 Å². The number of nitrogens with zero attached hydrogens (tertiary/aromatic N) is 3. The number of likely N-dealkylation sites (N-methyl/N-ethyl adjacent to an activating group) is 1. The van der Waals surface area contributed by atoms with Gasteiger partial charge < -0.3 is 11.1 Å². The lowest BCUT2D eigenvalue weighted by molar-refractivity contribution is -0.428. The molecule has 1 unspecified atom stereocenters. The van der Waals surface area contributed by atoms with Crippen LogP contribution in [0.25, 0.3) is 0 Å². The van der Waals surface area contributed by atoms with Crippen LogP contribution in [0.5, 0.6) is 0 Å². The lowest BCUT2D eigenvalue weighted by Crippen LogP contribution is -2.39. The second kappa shape index (κ2) is 9.36. The highest BCUT2D eigenvalue weighted by Crippen LogP contribution is 2.32. The van der Waals surface area contributed by atoms with Crippen molar-refractivity contribution in [3.8, 4) is 0 Å². The molecule has 2 aliphatic rings. The van der Waals surface area contributed by atoms with Gasteiger partial charge in [0.05, 0.1) is 10.5 Å². The van der Waals surface area contributed by atoms with E-state index >= 15 is 0 Å². The molecule has 1 aromatic rings. The van der Waals surface area contributed by atoms with Gasteiger partial charge in [0.25, 0.3) is 5.70 Å². The zero-order valence-electron chi connectivity index (χ0n) is 17.4. The number of nitrogens with one attached hydrogen (secondary N) is 1. The molecule has 0 fully saturated rings. The first-order valence-electron chi connectivity index (χ1n) is 10.1. The number of Topliss-reactive ketones (excluding diaryl/α,β-unsaturated/α-hetero) is 1. The minimum Gasteiger partial charge on any atom is -0.382 e. The van der Waals surface area contributed by atoms with Gasteiger partial charge in [-0.2, -0.15) is 0 Å². The maximum Gasteiger partial charge on any atom is 0.257 e. The Hall–Kier alpha value is -2.78. The first-order valence-corrected chi connectivity index (χ1v) is 10.9. The molecule has 2 aliphatic carbocycles. The first kappa shape index (κ1) is 21.9. The summed E-state index contributed by atoms with van der Waals surface area (Å²) in [5.74, 6) is -0.374. The molecule has 1 heterocycles. The minimum atomic E-state index is -0.488. The van der Waals surface area contributed by atoms with Gasteiger partial charge >= 0.3 is 0 Å². The number of hydrogen-bond donors (Lipinski definition) is 2. The van der Waals surface area contributed by atoms with E-state index in [1.54, 1.807) is 6.08 Å². The third kappa shape index (κ3) is 4.68. The average Bonchev–Trinajstić information content (AvgIpc) is 3.09. The Morgan fingerprint density at radius 1 is 1.47 bits per heavy atom. The topological polar surface area (TPSA) is 114 Å². The van der Waals surface area contributed by atoms with Crippen LogP contribution in [0.15, 0.2) is 47.3 Å². The summed E-state index contributed by atoms with van der Waals surface area (Å²) in [6.07, 6.45) is 11.2. The van der Waals surface area contributed by atoms with Crippen LogP contribution in [0.1, 0.15) is 49.7 Å². The summed E-state index contributed by atoms with van der Waals surface area (Å²) >= 11 is 1.11. The van der Waals surface area contributed by atoms with Crippen LogP contribution < -0.4 is 11.1 Å². The standard InChI is InChI=1S/C21H27N5O3S/c1-4-25(13(2)3)15-11-9-14(10-12-15)23-21-24-20(22)19(30-21)18(27)16-7-5-6-8-17(16)26(28)29/h5,7,9-11,13,15H,4,6,8,12,22H2,1-3H3,(H,23,24). The molecule has 9 heteroatoms. The lowest BCUT2D eigenvalue weighted by atomic mass is 9.99. The number of allylic oxidation sites excluding steroid dienone is 5. The van der Waals surface area contributed by atoms with Crippen LogP contribution in [0, 0.1) is 10.1 Å². The van der Waals surface area contributed by atoms with Crippen molar-refractivity contribution >= 4 is 28.1 Å². The summed E-state index contributed by atoms with van der Waals surface area (Å²) in [4.78, 5) is 30.5. The van der Waals surface area contributed by atoms with E-state index in [0.29, 0.717) is 23.6 Å². The molecule has 3 N–H and O–H groups in total. The molecule has 0 saturated carbocycles. The number of nitro groups is 1. The molecule has 0 amide bonds. The highest BCUT2D eigenvalue weighted by molar-refractivity contribution is 7.18. The number of nitrogens with two attached hydrogens (primary N) is 1. The largest absolute Gasteiger partial charge is 0.382 e. The van der Waals surface area contributed by atoms with E-state index in [-0.39, 0.29) is 28.4 Å². The summed E-state index contributed by atoms with van der Waals surface area (Å²) in [5, 5.41) is 15.0. The van der Waals surface area contributed by atoms with Crippen LogP contribution in [0.3, 0.4) is 0 Å². The Labute approximate surface area is 180 Å². The quantitative estimate of drug-likeness (QED) is 0.362. The number of thiazole rings is 1. The predicted octanol–water partition coefficient (Wildman–Crippen LogP) is 4.14. The third-order valence-electron chi connectivity index (χ3n) is 5.25. The van der Waals surface area contributed by atoms with Gasteiger partial charge in [0, 0.05) is 24.2 Å². The van der Waals surface area contributed by atoms with Crippen molar-refractivity contribution in [1.29, 1.82) is 0 Å². The molecular formula is C21H27N5O3S. The predicted molar refractivity (Wildman–Crippen MR) is 120 cm³/mol. The molecule has 1 atom stereocenters. The number of nitrogen functional groups attached to an aromatic ring is 1. The van der Waals surface area contributed by atoms with E-state index in [1.807, 2.05) is 6.08 Å². The Morgan fingerprint density at radius 3 is 2.83 bits per heavy atom. The minimum absolute atomic E-state index is 0.0700. The van der Waals surface area contributed by atoms with Crippen LogP contribution in [0.2, 0.25) is 0 Å². The molecule has 3 rings (SSSR count). The van der Waals surface area contributed by atoms with Gasteiger partial charge in [-0.25, -0.2) is 4.98 Å². The van der Waals surface area contributed by atoms with Crippen LogP contribution in [-0.4, -0.2) is 39.2 Å². The van der Waals surface area contributed by atoms with E-state index in [4.69, 9.17) is 5.73 Å². The first-order chi connectivity index (χ1) is 14.3. The number of rotatable bonds is 8. The monoisotopic (exact) mass is 429 g/mol. The van der Waals surface area contributed by atoms with Crippen molar-refractivity contribution in [3.63, 3.8) is 0 Å². The molecule has 0 aliphatic heterocycles. The van der Waals surface area contributed by atoms with Gasteiger partial charge in [-0.3, -0.25) is 19.8 Å². The zero-order valence-corrected chi connectivity index (χ0v) is 18.2. The molecule has 0 saturated heterocycles. The van der Waals surface area contributed by atoms with Gasteiger partial charge in [0.1, 0.15) is 10.7 Å². The van der Waals surface area contributed by atoms with Gasteiger partial charge in [0.15, 0.2) is 5.13 Å². The van der Waals surface area contributed by atoms with Crippen LogP contribution >= 0.6 is 11.3 Å². The summed E-state index contributed by atoms with van der Waals surface area (Å²) in [6, 6.07) is 0.816. The van der Waals surface area contributed by atoms with Gasteiger partial charge in [0.2, 0.25) is 5.78 Å². The van der Waals surface area contributed by atoms with Crippen molar-refractivity contribution in [2.45, 2.75) is 52.1 Å². The van der Waals surface area contributed by atoms with Crippen LogP contribution in [0.4, 0.5) is 10.9 Å². The fourth-order valence-electron chi connectivity index (χ4n) is 3.77. The zero-order chi connectivity index (χ0) is 21.8. The van der Waals surface area contributed by atoms with E-state index in [2.05, 4.69) is 48.1 Å². The molecule has 0 radical (unpaired) electrons. The highest BCUT2D eigenvalue weighted by Gasteiger charge is 2.28. The molecule has 0 spiro atoms. The summed E-state index contributed by atoms with van der Waals surface area (Å²) in [6.45, 7) is 7.51. The SMILES string of the molecule is CCN(C(C)C)C1C=CC(Nc2nc(N)c(C(=O)C3=C([N+](=O)[O-])CCC=C3)s2)=CC1. The molecule has 30 heavy (non-hydrogen) atoms. The van der Waals surface area contributed by atoms with Gasteiger partial charge in [-0.05, 0) is 45.4 Å². The number of aromatic nitrogens is 1. The molecule has 1 aromatic heterocycles. The number of ketones is 1. The van der Waals surface area contributed by atoms with Gasteiger partial charge in [-0.15, -0.1) is 0 Å². The van der Waals surface area contributed by atoms with Crippen molar-refractivity contribution in [2.75, 3.05) is 17.6 Å². The maximum atomic E-state index is 12.9. The number of anilines is 2. The second-order valence-corrected chi connectivity index (χ2v) is 8.49. The molecule has 0 bridgehead atoms.